The van der Waals surface area contributed by atoms with Crippen LogP contribution in [0, 0.1) is 11.6 Å². The summed E-state index contributed by atoms with van der Waals surface area (Å²) in [5, 5.41) is 7.98. The van der Waals surface area contributed by atoms with E-state index in [9.17, 15) is 13.6 Å². The molecule has 1 N–H and O–H groups in total. The number of carbonyl (C=O) groups is 1. The fraction of sp³-hybridized carbons (Fsp3) is 0.273. The van der Waals surface area contributed by atoms with Crippen LogP contribution in [0.3, 0.4) is 0 Å². The molecule has 1 fully saturated rings. The highest BCUT2D eigenvalue weighted by molar-refractivity contribution is 6.30. The molecule has 2 aromatic carbocycles. The lowest BCUT2D eigenvalue weighted by Gasteiger charge is -2.32. The van der Waals surface area contributed by atoms with Gasteiger partial charge in [-0.15, -0.1) is 0 Å². The molecule has 0 bridgehead atoms. The minimum absolute atomic E-state index is 0.0509. The fourth-order valence-corrected chi connectivity index (χ4v) is 3.78. The molecule has 8 heteroatoms. The maximum atomic E-state index is 13.4. The van der Waals surface area contributed by atoms with E-state index in [1.807, 2.05) is 12.1 Å². The van der Waals surface area contributed by atoms with E-state index in [4.69, 9.17) is 11.6 Å². The smallest absolute Gasteiger partial charge is 0.272 e. The van der Waals surface area contributed by atoms with Crippen molar-refractivity contribution < 1.29 is 13.6 Å². The number of amides is 1. The Kier molecular flexibility index (Phi) is 6.11. The molecule has 1 saturated heterocycles. The van der Waals surface area contributed by atoms with Gasteiger partial charge < -0.3 is 5.32 Å². The number of aromatic nitrogens is 2. The molecule has 0 unspecified atom stereocenters. The van der Waals surface area contributed by atoms with Crippen LogP contribution in [0.1, 0.15) is 28.9 Å². The summed E-state index contributed by atoms with van der Waals surface area (Å²) in [5.74, 6) is -1.88. The van der Waals surface area contributed by atoms with Crippen LogP contribution in [-0.4, -0.2) is 39.7 Å². The number of hydrogen-bond acceptors (Lipinski definition) is 3. The molecule has 3 aromatic rings. The third-order valence-corrected chi connectivity index (χ3v) is 5.44. The van der Waals surface area contributed by atoms with Crippen molar-refractivity contribution in [2.24, 2.45) is 0 Å². The van der Waals surface area contributed by atoms with Crippen LogP contribution >= 0.6 is 11.6 Å². The van der Waals surface area contributed by atoms with Gasteiger partial charge in [0, 0.05) is 36.9 Å². The summed E-state index contributed by atoms with van der Waals surface area (Å²) in [6.45, 7) is 2.09. The summed E-state index contributed by atoms with van der Waals surface area (Å²) in [7, 11) is 0. The van der Waals surface area contributed by atoms with Gasteiger partial charge in [-0.1, -0.05) is 23.7 Å². The number of piperidine rings is 1. The minimum atomic E-state index is -0.835. The summed E-state index contributed by atoms with van der Waals surface area (Å²) < 4.78 is 28.1. The van der Waals surface area contributed by atoms with E-state index < -0.39 is 11.6 Å². The molecule has 1 amide bonds. The van der Waals surface area contributed by atoms with Gasteiger partial charge in [-0.25, -0.2) is 13.5 Å². The van der Waals surface area contributed by atoms with Crippen molar-refractivity contribution in [2.75, 3.05) is 13.1 Å². The van der Waals surface area contributed by atoms with Gasteiger partial charge in [0.2, 0.25) is 0 Å². The lowest BCUT2D eigenvalue weighted by atomic mass is 10.0. The zero-order valence-corrected chi connectivity index (χ0v) is 16.9. The average molecular weight is 431 g/mol. The number of benzene rings is 2. The van der Waals surface area contributed by atoms with Crippen LogP contribution in [0.25, 0.3) is 5.69 Å². The van der Waals surface area contributed by atoms with Crippen molar-refractivity contribution in [3.05, 3.63) is 82.6 Å². The van der Waals surface area contributed by atoms with E-state index in [-0.39, 0.29) is 11.9 Å². The zero-order chi connectivity index (χ0) is 21.1. The van der Waals surface area contributed by atoms with Crippen LogP contribution in [0.5, 0.6) is 0 Å². The van der Waals surface area contributed by atoms with Gasteiger partial charge in [0.25, 0.3) is 5.91 Å². The zero-order valence-electron chi connectivity index (χ0n) is 16.2. The van der Waals surface area contributed by atoms with Gasteiger partial charge in [-0.3, -0.25) is 9.69 Å². The predicted octanol–water partition coefficient (Wildman–Crippen LogP) is 4.20. The van der Waals surface area contributed by atoms with Crippen molar-refractivity contribution in [3.63, 3.8) is 0 Å². The normalized spacial score (nSPS) is 15.3. The second-order valence-corrected chi connectivity index (χ2v) is 7.83. The number of hydrogen-bond donors (Lipinski definition) is 1. The van der Waals surface area contributed by atoms with E-state index in [0.29, 0.717) is 17.3 Å². The first kappa shape index (κ1) is 20.5. The van der Waals surface area contributed by atoms with Crippen molar-refractivity contribution >= 4 is 17.5 Å². The maximum absolute atomic E-state index is 13.4. The third kappa shape index (κ3) is 4.86. The third-order valence-electron chi connectivity index (χ3n) is 5.21. The Morgan fingerprint density at radius 3 is 2.63 bits per heavy atom. The van der Waals surface area contributed by atoms with Crippen LogP contribution in [0.4, 0.5) is 8.78 Å². The van der Waals surface area contributed by atoms with Gasteiger partial charge in [0.15, 0.2) is 17.3 Å². The molecular formula is C22H21ClF2N4O. The number of likely N-dealkylation sites (tertiary alicyclic amines) is 1. The van der Waals surface area contributed by atoms with Crippen LogP contribution in [-0.2, 0) is 6.54 Å². The highest BCUT2D eigenvalue weighted by Gasteiger charge is 2.22. The van der Waals surface area contributed by atoms with Gasteiger partial charge in [0.05, 0.1) is 5.69 Å². The minimum Gasteiger partial charge on any atom is -0.348 e. The van der Waals surface area contributed by atoms with Crippen LogP contribution in [0.15, 0.2) is 54.7 Å². The summed E-state index contributed by atoms with van der Waals surface area (Å²) in [5.41, 5.74) is 1.87. The maximum Gasteiger partial charge on any atom is 0.272 e. The molecule has 0 radical (unpaired) electrons. The largest absolute Gasteiger partial charge is 0.348 e. The number of carbonyl (C=O) groups excluding carboxylic acids is 1. The quantitative estimate of drug-likeness (QED) is 0.660. The van der Waals surface area contributed by atoms with E-state index in [1.165, 1.54) is 6.07 Å². The molecule has 1 aromatic heterocycles. The van der Waals surface area contributed by atoms with Crippen molar-refractivity contribution in [1.82, 2.24) is 20.0 Å². The Balaban J connectivity index is 1.30. The fourth-order valence-electron chi connectivity index (χ4n) is 3.60. The Hall–Kier alpha value is -2.77. The second kappa shape index (κ2) is 8.93. The van der Waals surface area contributed by atoms with Gasteiger partial charge in [-0.2, -0.15) is 5.10 Å². The standard InChI is InChI=1S/C22H21ClF2N4O/c23-16-2-1-3-18(13-16)29-11-8-21(27-29)22(30)26-17-6-9-28(10-7-17)14-15-4-5-19(24)20(25)12-15/h1-5,8,11-13,17H,6-7,9-10,14H2,(H,26,30). The molecule has 0 spiro atoms. The summed E-state index contributed by atoms with van der Waals surface area (Å²) in [6, 6.07) is 13.0. The Morgan fingerprint density at radius 1 is 1.10 bits per heavy atom. The van der Waals surface area contributed by atoms with E-state index >= 15 is 0 Å². The molecule has 5 nitrogen and oxygen atoms in total. The molecular weight excluding hydrogens is 410 g/mol. The van der Waals surface area contributed by atoms with Crippen molar-refractivity contribution in [3.8, 4) is 5.69 Å². The van der Waals surface area contributed by atoms with E-state index in [2.05, 4.69) is 15.3 Å². The molecule has 156 valence electrons. The average Bonchev–Trinajstić information content (AvgIpc) is 3.23. The van der Waals surface area contributed by atoms with E-state index in [1.54, 1.807) is 35.1 Å². The summed E-state index contributed by atoms with van der Waals surface area (Å²) in [4.78, 5) is 14.7. The number of nitrogens with one attached hydrogen (secondary N) is 1. The Morgan fingerprint density at radius 2 is 1.90 bits per heavy atom. The second-order valence-electron chi connectivity index (χ2n) is 7.40. The SMILES string of the molecule is O=C(NC1CCN(Cc2ccc(F)c(F)c2)CC1)c1ccn(-c2cccc(Cl)c2)n1. The number of nitrogens with zero attached hydrogens (tertiary/aromatic N) is 3. The van der Waals surface area contributed by atoms with Crippen LogP contribution in [0.2, 0.25) is 5.02 Å². The first-order valence-electron chi connectivity index (χ1n) is 9.77. The van der Waals surface area contributed by atoms with Gasteiger partial charge in [-0.05, 0) is 54.8 Å². The van der Waals surface area contributed by atoms with Crippen LogP contribution < -0.4 is 5.32 Å². The molecule has 0 aliphatic carbocycles. The molecule has 0 saturated carbocycles. The van der Waals surface area contributed by atoms with Crippen molar-refractivity contribution in [2.45, 2.75) is 25.4 Å². The first-order valence-corrected chi connectivity index (χ1v) is 10.1. The van der Waals surface area contributed by atoms with Gasteiger partial charge in [0.1, 0.15) is 0 Å². The molecule has 2 heterocycles. The van der Waals surface area contributed by atoms with Gasteiger partial charge >= 0.3 is 0 Å². The highest BCUT2D eigenvalue weighted by Crippen LogP contribution is 2.17. The molecule has 0 atom stereocenters. The summed E-state index contributed by atoms with van der Waals surface area (Å²) in [6.07, 6.45) is 3.29. The lowest BCUT2D eigenvalue weighted by molar-refractivity contribution is 0.0903. The van der Waals surface area contributed by atoms with Crippen molar-refractivity contribution in [1.29, 1.82) is 0 Å². The topological polar surface area (TPSA) is 50.2 Å². The summed E-state index contributed by atoms with van der Waals surface area (Å²) >= 11 is 6.01. The molecule has 1 aliphatic rings. The molecule has 30 heavy (non-hydrogen) atoms. The Labute approximate surface area is 178 Å². The number of rotatable bonds is 5. The highest BCUT2D eigenvalue weighted by atomic mass is 35.5. The molecule has 1 aliphatic heterocycles. The predicted molar refractivity (Wildman–Crippen MR) is 111 cm³/mol. The molecule has 4 rings (SSSR count). The first-order chi connectivity index (χ1) is 14.5. The monoisotopic (exact) mass is 430 g/mol. The number of halogens is 3. The van der Waals surface area contributed by atoms with E-state index in [0.717, 1.165) is 43.2 Å². The lowest BCUT2D eigenvalue weighted by Crippen LogP contribution is -2.44. The Bertz CT molecular complexity index is 1050.